The average Bonchev–Trinajstić information content (AvgIpc) is 3.09. The number of nitrogens with one attached hydrogen (secondary N) is 2. The van der Waals surface area contributed by atoms with Gasteiger partial charge in [-0.1, -0.05) is 24.3 Å². The van der Waals surface area contributed by atoms with Crippen molar-refractivity contribution < 1.29 is 14.3 Å². The van der Waals surface area contributed by atoms with Crippen molar-refractivity contribution in [1.82, 2.24) is 10.3 Å². The summed E-state index contributed by atoms with van der Waals surface area (Å²) in [6.45, 7) is 0.693. The molecule has 1 amide bonds. The van der Waals surface area contributed by atoms with Gasteiger partial charge in [0.05, 0.1) is 0 Å². The van der Waals surface area contributed by atoms with Gasteiger partial charge in [0.1, 0.15) is 5.69 Å². The Kier molecular flexibility index (Phi) is 3.85. The molecule has 0 unspecified atom stereocenters. The summed E-state index contributed by atoms with van der Waals surface area (Å²) in [5.74, 6) is 1.16. The van der Waals surface area contributed by atoms with Crippen LogP contribution in [-0.2, 0) is 6.42 Å². The van der Waals surface area contributed by atoms with Crippen molar-refractivity contribution in [3.05, 3.63) is 70.1 Å². The number of aromatic nitrogens is 1. The van der Waals surface area contributed by atoms with Crippen molar-refractivity contribution in [1.29, 1.82) is 0 Å². The summed E-state index contributed by atoms with van der Waals surface area (Å²) < 4.78 is 10.6. The first-order valence-corrected chi connectivity index (χ1v) is 7.99. The van der Waals surface area contributed by atoms with Crippen LogP contribution in [0.5, 0.6) is 11.5 Å². The Morgan fingerprint density at radius 2 is 1.92 bits per heavy atom. The molecule has 6 heteroatoms. The van der Waals surface area contributed by atoms with Crippen LogP contribution in [0.4, 0.5) is 0 Å². The molecule has 1 aliphatic rings. The third kappa shape index (κ3) is 3.06. The molecule has 2 N–H and O–H groups in total. The van der Waals surface area contributed by atoms with Crippen LogP contribution in [0.1, 0.15) is 16.1 Å². The average molecular weight is 336 g/mol. The quantitative estimate of drug-likeness (QED) is 0.766. The van der Waals surface area contributed by atoms with Gasteiger partial charge in [0.25, 0.3) is 11.5 Å². The molecule has 2 heterocycles. The summed E-state index contributed by atoms with van der Waals surface area (Å²) in [6, 6.07) is 14.6. The van der Waals surface area contributed by atoms with Crippen molar-refractivity contribution in [2.24, 2.45) is 0 Å². The van der Waals surface area contributed by atoms with E-state index < -0.39 is 0 Å². The summed E-state index contributed by atoms with van der Waals surface area (Å²) in [4.78, 5) is 27.0. The summed E-state index contributed by atoms with van der Waals surface area (Å²) >= 11 is 0. The number of carbonyl (C=O) groups is 1. The largest absolute Gasteiger partial charge is 0.454 e. The summed E-state index contributed by atoms with van der Waals surface area (Å²) in [6.07, 6.45) is 0.653. The zero-order valence-electron chi connectivity index (χ0n) is 13.4. The molecule has 3 aromatic rings. The molecule has 25 heavy (non-hydrogen) atoms. The monoisotopic (exact) mass is 336 g/mol. The fourth-order valence-corrected chi connectivity index (χ4v) is 2.85. The zero-order valence-corrected chi connectivity index (χ0v) is 13.4. The smallest absolute Gasteiger partial charge is 0.267 e. The van der Waals surface area contributed by atoms with Gasteiger partial charge in [-0.15, -0.1) is 0 Å². The first kappa shape index (κ1) is 15.3. The lowest BCUT2D eigenvalue weighted by molar-refractivity contribution is 0.0949. The van der Waals surface area contributed by atoms with E-state index in [2.05, 4.69) is 10.3 Å². The predicted molar refractivity (Wildman–Crippen MR) is 93.2 cm³/mol. The normalized spacial score (nSPS) is 12.3. The van der Waals surface area contributed by atoms with Crippen molar-refractivity contribution in [2.75, 3.05) is 13.3 Å². The van der Waals surface area contributed by atoms with Crippen LogP contribution in [-0.4, -0.2) is 24.2 Å². The maximum atomic E-state index is 12.3. The molecule has 0 radical (unpaired) electrons. The number of aromatic amines is 1. The standard InChI is InChI=1S/C19H16N2O4/c22-18-14-4-2-1-3-13(14)10-15(21-18)19(23)20-8-7-12-5-6-16-17(9-12)25-11-24-16/h1-6,9-10H,7-8,11H2,(H,20,23)(H,21,22). The van der Waals surface area contributed by atoms with E-state index in [1.165, 1.54) is 0 Å². The second-order valence-electron chi connectivity index (χ2n) is 5.79. The van der Waals surface area contributed by atoms with Crippen LogP contribution in [0.25, 0.3) is 10.8 Å². The van der Waals surface area contributed by atoms with E-state index in [1.807, 2.05) is 30.3 Å². The molecule has 0 saturated carbocycles. The van der Waals surface area contributed by atoms with Gasteiger partial charge in [-0.25, -0.2) is 0 Å². The molecule has 4 rings (SSSR count). The van der Waals surface area contributed by atoms with E-state index in [-0.39, 0.29) is 24.0 Å². The lowest BCUT2D eigenvalue weighted by atomic mass is 10.1. The van der Waals surface area contributed by atoms with Crippen LogP contribution in [0, 0.1) is 0 Å². The minimum absolute atomic E-state index is 0.241. The minimum atomic E-state index is -0.302. The number of hydrogen-bond acceptors (Lipinski definition) is 4. The third-order valence-corrected chi connectivity index (χ3v) is 4.13. The zero-order chi connectivity index (χ0) is 17.2. The van der Waals surface area contributed by atoms with E-state index in [0.29, 0.717) is 18.4 Å². The number of ether oxygens (including phenoxy) is 2. The molecule has 0 atom stereocenters. The number of hydrogen-bond donors (Lipinski definition) is 2. The number of amides is 1. The number of fused-ring (bicyclic) bond motifs is 2. The molecule has 6 nitrogen and oxygen atoms in total. The van der Waals surface area contributed by atoms with Crippen LogP contribution in [0.3, 0.4) is 0 Å². The summed E-state index contributed by atoms with van der Waals surface area (Å²) in [7, 11) is 0. The van der Waals surface area contributed by atoms with Crippen molar-refractivity contribution in [2.45, 2.75) is 6.42 Å². The Balaban J connectivity index is 1.43. The highest BCUT2D eigenvalue weighted by molar-refractivity contribution is 5.96. The maximum Gasteiger partial charge on any atom is 0.267 e. The van der Waals surface area contributed by atoms with E-state index in [4.69, 9.17) is 9.47 Å². The number of benzene rings is 2. The molecule has 0 fully saturated rings. The van der Waals surface area contributed by atoms with Gasteiger partial charge in [-0.3, -0.25) is 9.59 Å². The van der Waals surface area contributed by atoms with E-state index in [1.54, 1.807) is 18.2 Å². The van der Waals surface area contributed by atoms with Gasteiger partial charge in [-0.05, 0) is 41.6 Å². The van der Waals surface area contributed by atoms with Gasteiger partial charge in [0, 0.05) is 11.9 Å². The molecule has 0 spiro atoms. The highest BCUT2D eigenvalue weighted by atomic mass is 16.7. The molecule has 0 aliphatic carbocycles. The van der Waals surface area contributed by atoms with Gasteiger partial charge in [0.15, 0.2) is 11.5 Å². The minimum Gasteiger partial charge on any atom is -0.454 e. The molecule has 0 bridgehead atoms. The molecule has 0 saturated heterocycles. The molecule has 1 aromatic heterocycles. The second-order valence-corrected chi connectivity index (χ2v) is 5.79. The molecular formula is C19H16N2O4. The SMILES string of the molecule is O=C(NCCc1ccc2c(c1)OCO2)c1cc2ccccc2c(=O)[nH]1. The molecular weight excluding hydrogens is 320 g/mol. The summed E-state index contributed by atoms with van der Waals surface area (Å²) in [5, 5.41) is 4.14. The molecule has 1 aliphatic heterocycles. The highest BCUT2D eigenvalue weighted by Gasteiger charge is 2.13. The number of H-pyrrole nitrogens is 1. The Hall–Kier alpha value is -3.28. The topological polar surface area (TPSA) is 80.4 Å². The lowest BCUT2D eigenvalue weighted by Gasteiger charge is -2.07. The van der Waals surface area contributed by atoms with E-state index >= 15 is 0 Å². The number of carbonyl (C=O) groups excluding carboxylic acids is 1. The number of rotatable bonds is 4. The first-order chi connectivity index (χ1) is 12.2. The predicted octanol–water partition coefficient (Wildman–Crippen LogP) is 2.23. The molecule has 2 aromatic carbocycles. The van der Waals surface area contributed by atoms with Gasteiger partial charge < -0.3 is 19.8 Å². The van der Waals surface area contributed by atoms with Crippen LogP contribution >= 0.6 is 0 Å². The van der Waals surface area contributed by atoms with E-state index in [9.17, 15) is 9.59 Å². The van der Waals surface area contributed by atoms with Crippen LogP contribution in [0.15, 0.2) is 53.3 Å². The van der Waals surface area contributed by atoms with Crippen LogP contribution in [0.2, 0.25) is 0 Å². The Bertz CT molecular complexity index is 1010. The maximum absolute atomic E-state index is 12.3. The Morgan fingerprint density at radius 1 is 1.08 bits per heavy atom. The second kappa shape index (κ2) is 6.32. The molecule has 126 valence electrons. The highest BCUT2D eigenvalue weighted by Crippen LogP contribution is 2.32. The van der Waals surface area contributed by atoms with Crippen LogP contribution < -0.4 is 20.3 Å². The van der Waals surface area contributed by atoms with Gasteiger partial charge >= 0.3 is 0 Å². The van der Waals surface area contributed by atoms with Gasteiger partial charge in [-0.2, -0.15) is 0 Å². The fourth-order valence-electron chi connectivity index (χ4n) is 2.85. The van der Waals surface area contributed by atoms with Gasteiger partial charge in [0.2, 0.25) is 6.79 Å². The third-order valence-electron chi connectivity index (χ3n) is 4.13. The lowest BCUT2D eigenvalue weighted by Crippen LogP contribution is -2.28. The van der Waals surface area contributed by atoms with Crippen molar-refractivity contribution in [3.63, 3.8) is 0 Å². The number of pyridine rings is 1. The Labute approximate surface area is 143 Å². The Morgan fingerprint density at radius 3 is 2.84 bits per heavy atom. The van der Waals surface area contributed by atoms with Crippen molar-refractivity contribution >= 4 is 16.7 Å². The van der Waals surface area contributed by atoms with E-state index in [0.717, 1.165) is 22.4 Å². The van der Waals surface area contributed by atoms with Crippen molar-refractivity contribution in [3.8, 4) is 11.5 Å². The summed E-state index contributed by atoms with van der Waals surface area (Å²) in [5.41, 5.74) is 1.03. The first-order valence-electron chi connectivity index (χ1n) is 7.99. The fraction of sp³-hybridized carbons (Fsp3) is 0.158.